The standard InChI is InChI=1S/C18H20N4O/c1-4-21(15-10-13(2)9-14(3)11-15)18(23)12-22-17-8-6-5-7-16(17)19-20-22/h5-11H,4,12H2,1-3H3. The van der Waals surface area contributed by atoms with E-state index in [0.29, 0.717) is 6.54 Å². The van der Waals surface area contributed by atoms with Gasteiger partial charge in [-0.2, -0.15) is 0 Å². The summed E-state index contributed by atoms with van der Waals surface area (Å²) in [5.74, 6) is 0.00755. The highest BCUT2D eigenvalue weighted by Gasteiger charge is 2.17. The van der Waals surface area contributed by atoms with E-state index >= 15 is 0 Å². The fourth-order valence-electron chi connectivity index (χ4n) is 2.86. The molecular weight excluding hydrogens is 288 g/mol. The van der Waals surface area contributed by atoms with Crippen molar-refractivity contribution in [2.45, 2.75) is 27.3 Å². The van der Waals surface area contributed by atoms with Crippen LogP contribution in [0.15, 0.2) is 42.5 Å². The molecule has 1 aromatic heterocycles. The zero-order chi connectivity index (χ0) is 16.4. The number of carbonyl (C=O) groups is 1. The van der Waals surface area contributed by atoms with E-state index in [4.69, 9.17) is 0 Å². The average Bonchev–Trinajstić information content (AvgIpc) is 2.90. The van der Waals surface area contributed by atoms with Gasteiger partial charge in [0.05, 0.1) is 5.52 Å². The molecule has 3 rings (SSSR count). The van der Waals surface area contributed by atoms with Crippen molar-refractivity contribution < 1.29 is 4.79 Å². The molecule has 5 nitrogen and oxygen atoms in total. The summed E-state index contributed by atoms with van der Waals surface area (Å²) >= 11 is 0. The molecular formula is C18H20N4O. The summed E-state index contributed by atoms with van der Waals surface area (Å²) in [5.41, 5.74) is 4.90. The van der Waals surface area contributed by atoms with Crippen molar-refractivity contribution in [3.05, 3.63) is 53.6 Å². The van der Waals surface area contributed by atoms with E-state index < -0.39 is 0 Å². The first kappa shape index (κ1) is 15.2. The van der Waals surface area contributed by atoms with Crippen LogP contribution >= 0.6 is 0 Å². The van der Waals surface area contributed by atoms with E-state index in [1.807, 2.05) is 57.2 Å². The average molecular weight is 308 g/mol. The molecule has 0 bridgehead atoms. The Morgan fingerprint density at radius 2 is 1.83 bits per heavy atom. The molecule has 0 atom stereocenters. The lowest BCUT2D eigenvalue weighted by molar-refractivity contribution is -0.119. The molecule has 0 aliphatic rings. The third-order valence-electron chi connectivity index (χ3n) is 3.84. The van der Waals surface area contributed by atoms with Gasteiger partial charge in [-0.05, 0) is 56.2 Å². The van der Waals surface area contributed by atoms with Gasteiger partial charge in [0.2, 0.25) is 5.91 Å². The lowest BCUT2D eigenvalue weighted by Crippen LogP contribution is -2.34. The van der Waals surface area contributed by atoms with Crippen LogP contribution in [-0.2, 0) is 11.3 Å². The minimum absolute atomic E-state index is 0.00755. The van der Waals surface area contributed by atoms with Crippen LogP contribution in [0.2, 0.25) is 0 Å². The summed E-state index contributed by atoms with van der Waals surface area (Å²) in [4.78, 5) is 14.5. The first-order chi connectivity index (χ1) is 11.1. The second-order valence-corrected chi connectivity index (χ2v) is 5.72. The molecule has 0 saturated heterocycles. The number of carbonyl (C=O) groups excluding carboxylic acids is 1. The number of fused-ring (bicyclic) bond motifs is 1. The maximum atomic E-state index is 12.7. The number of likely N-dealkylation sites (N-methyl/N-ethyl adjacent to an activating group) is 1. The van der Waals surface area contributed by atoms with Crippen molar-refractivity contribution in [2.24, 2.45) is 0 Å². The van der Waals surface area contributed by atoms with Crippen LogP contribution in [-0.4, -0.2) is 27.4 Å². The van der Waals surface area contributed by atoms with Gasteiger partial charge >= 0.3 is 0 Å². The number of rotatable bonds is 4. The zero-order valence-electron chi connectivity index (χ0n) is 13.7. The number of nitrogens with zero attached hydrogens (tertiary/aromatic N) is 4. The molecule has 0 aliphatic carbocycles. The van der Waals surface area contributed by atoms with Gasteiger partial charge in [-0.3, -0.25) is 4.79 Å². The van der Waals surface area contributed by atoms with E-state index in [1.54, 1.807) is 9.58 Å². The van der Waals surface area contributed by atoms with Gasteiger partial charge in [0.1, 0.15) is 12.1 Å². The SMILES string of the molecule is CCN(C(=O)Cn1nnc2ccccc21)c1cc(C)cc(C)c1. The Labute approximate surface area is 135 Å². The van der Waals surface area contributed by atoms with Crippen molar-refractivity contribution in [3.8, 4) is 0 Å². The van der Waals surface area contributed by atoms with Crippen LogP contribution < -0.4 is 4.90 Å². The van der Waals surface area contributed by atoms with Crippen molar-refractivity contribution in [2.75, 3.05) is 11.4 Å². The van der Waals surface area contributed by atoms with Gasteiger partial charge in [0.25, 0.3) is 0 Å². The molecule has 23 heavy (non-hydrogen) atoms. The van der Waals surface area contributed by atoms with Crippen LogP contribution in [0.5, 0.6) is 0 Å². The van der Waals surface area contributed by atoms with Crippen LogP contribution in [0.1, 0.15) is 18.1 Å². The molecule has 0 saturated carbocycles. The molecule has 0 N–H and O–H groups in total. The second kappa shape index (κ2) is 6.20. The first-order valence-corrected chi connectivity index (χ1v) is 7.75. The number of amides is 1. The molecule has 0 radical (unpaired) electrons. The van der Waals surface area contributed by atoms with Crippen molar-refractivity contribution >= 4 is 22.6 Å². The lowest BCUT2D eigenvalue weighted by Gasteiger charge is -2.22. The zero-order valence-corrected chi connectivity index (χ0v) is 13.7. The number of hydrogen-bond acceptors (Lipinski definition) is 3. The van der Waals surface area contributed by atoms with E-state index in [-0.39, 0.29) is 12.5 Å². The molecule has 3 aromatic rings. The quantitative estimate of drug-likeness (QED) is 0.744. The smallest absolute Gasteiger partial charge is 0.248 e. The Hall–Kier alpha value is -2.69. The summed E-state index contributed by atoms with van der Waals surface area (Å²) < 4.78 is 1.66. The Morgan fingerprint density at radius 3 is 2.52 bits per heavy atom. The Morgan fingerprint density at radius 1 is 1.13 bits per heavy atom. The van der Waals surface area contributed by atoms with Gasteiger partial charge in [0.15, 0.2) is 0 Å². The maximum Gasteiger partial charge on any atom is 0.248 e. The van der Waals surface area contributed by atoms with Gasteiger partial charge in [-0.15, -0.1) is 5.10 Å². The van der Waals surface area contributed by atoms with Gasteiger partial charge in [0, 0.05) is 12.2 Å². The highest BCUT2D eigenvalue weighted by atomic mass is 16.2. The first-order valence-electron chi connectivity index (χ1n) is 7.75. The number of hydrogen-bond donors (Lipinski definition) is 0. The molecule has 118 valence electrons. The summed E-state index contributed by atoms with van der Waals surface area (Å²) in [7, 11) is 0. The monoisotopic (exact) mass is 308 g/mol. The summed E-state index contributed by atoms with van der Waals surface area (Å²) in [6, 6.07) is 13.8. The Balaban J connectivity index is 1.88. The molecule has 0 spiro atoms. The number of benzene rings is 2. The van der Waals surface area contributed by atoms with E-state index in [0.717, 1.165) is 27.8 Å². The number of para-hydroxylation sites is 1. The highest BCUT2D eigenvalue weighted by Crippen LogP contribution is 2.19. The summed E-state index contributed by atoms with van der Waals surface area (Å²) in [6.07, 6.45) is 0. The topological polar surface area (TPSA) is 51.0 Å². The van der Waals surface area contributed by atoms with Gasteiger partial charge < -0.3 is 4.90 Å². The van der Waals surface area contributed by atoms with E-state index in [1.165, 1.54) is 0 Å². The number of anilines is 1. The minimum Gasteiger partial charge on any atom is -0.311 e. The normalized spacial score (nSPS) is 10.9. The van der Waals surface area contributed by atoms with Crippen molar-refractivity contribution in [1.82, 2.24) is 15.0 Å². The van der Waals surface area contributed by atoms with Crippen molar-refractivity contribution in [1.29, 1.82) is 0 Å². The molecule has 2 aromatic carbocycles. The van der Waals surface area contributed by atoms with Crippen molar-refractivity contribution in [3.63, 3.8) is 0 Å². The molecule has 0 unspecified atom stereocenters. The third-order valence-corrected chi connectivity index (χ3v) is 3.84. The molecule has 0 fully saturated rings. The van der Waals surface area contributed by atoms with Crippen LogP contribution in [0, 0.1) is 13.8 Å². The summed E-state index contributed by atoms with van der Waals surface area (Å²) in [5, 5.41) is 8.20. The van der Waals surface area contributed by atoms with Crippen LogP contribution in [0.3, 0.4) is 0 Å². The fourth-order valence-corrected chi connectivity index (χ4v) is 2.86. The number of aromatic nitrogens is 3. The Kier molecular flexibility index (Phi) is 4.10. The maximum absolute atomic E-state index is 12.7. The number of aryl methyl sites for hydroxylation is 2. The molecule has 1 heterocycles. The predicted molar refractivity (Wildman–Crippen MR) is 91.5 cm³/mol. The lowest BCUT2D eigenvalue weighted by atomic mass is 10.1. The van der Waals surface area contributed by atoms with E-state index in [2.05, 4.69) is 16.4 Å². The highest BCUT2D eigenvalue weighted by molar-refractivity contribution is 5.94. The largest absolute Gasteiger partial charge is 0.311 e. The molecule has 1 amide bonds. The third kappa shape index (κ3) is 3.08. The predicted octanol–water partition coefficient (Wildman–Crippen LogP) is 3.10. The van der Waals surface area contributed by atoms with Crippen LogP contribution in [0.4, 0.5) is 5.69 Å². The molecule has 5 heteroatoms. The fraction of sp³-hybridized carbons (Fsp3) is 0.278. The van der Waals surface area contributed by atoms with Gasteiger partial charge in [-0.1, -0.05) is 23.4 Å². The summed E-state index contributed by atoms with van der Waals surface area (Å²) in [6.45, 7) is 6.87. The second-order valence-electron chi connectivity index (χ2n) is 5.72. The Bertz CT molecular complexity index is 833. The van der Waals surface area contributed by atoms with Crippen LogP contribution in [0.25, 0.3) is 11.0 Å². The molecule has 0 aliphatic heterocycles. The van der Waals surface area contributed by atoms with Gasteiger partial charge in [-0.25, -0.2) is 4.68 Å². The minimum atomic E-state index is 0.00755. The van der Waals surface area contributed by atoms with E-state index in [9.17, 15) is 4.79 Å².